The fraction of sp³-hybridized carbons (Fsp3) is 0.571. The standard InChI is InChI=1S/C7H12N4O4S/c1-16(13,14)4-6-10-7(15-11-6)3-9-2-5(8)12/h9H,2-4H2,1H3,(H2,8,12). The number of nitrogens with zero attached hydrogens (tertiary/aromatic N) is 2. The first-order chi connectivity index (χ1) is 7.37. The van der Waals surface area contributed by atoms with Crippen LogP contribution in [0.15, 0.2) is 4.52 Å². The molecule has 1 rings (SSSR count). The normalized spacial score (nSPS) is 11.6. The molecule has 1 amide bonds. The van der Waals surface area contributed by atoms with Crippen LogP contribution in [0, 0.1) is 0 Å². The molecule has 0 saturated carbocycles. The van der Waals surface area contributed by atoms with Gasteiger partial charge in [-0.3, -0.25) is 10.1 Å². The first-order valence-corrected chi connectivity index (χ1v) is 6.41. The number of aromatic nitrogens is 2. The molecule has 1 aromatic rings. The number of hydrogen-bond acceptors (Lipinski definition) is 7. The Labute approximate surface area is 92.1 Å². The highest BCUT2D eigenvalue weighted by atomic mass is 32.2. The molecule has 0 radical (unpaired) electrons. The molecule has 0 aliphatic heterocycles. The van der Waals surface area contributed by atoms with Crippen LogP contribution in [0.5, 0.6) is 0 Å². The Morgan fingerprint density at radius 3 is 2.81 bits per heavy atom. The van der Waals surface area contributed by atoms with Gasteiger partial charge >= 0.3 is 0 Å². The van der Waals surface area contributed by atoms with E-state index in [0.29, 0.717) is 0 Å². The van der Waals surface area contributed by atoms with Crippen molar-refractivity contribution < 1.29 is 17.7 Å². The molecule has 0 spiro atoms. The molecule has 0 aromatic carbocycles. The molecule has 1 heterocycles. The van der Waals surface area contributed by atoms with Crippen LogP contribution in [-0.2, 0) is 26.9 Å². The Morgan fingerprint density at radius 2 is 2.25 bits per heavy atom. The number of carbonyl (C=O) groups is 1. The molecule has 0 atom stereocenters. The van der Waals surface area contributed by atoms with E-state index in [4.69, 9.17) is 10.3 Å². The molecule has 0 fully saturated rings. The minimum atomic E-state index is -3.18. The summed E-state index contributed by atoms with van der Waals surface area (Å²) in [7, 11) is -3.18. The minimum absolute atomic E-state index is 0.0101. The first-order valence-electron chi connectivity index (χ1n) is 4.35. The van der Waals surface area contributed by atoms with Gasteiger partial charge in [-0.05, 0) is 0 Å². The highest BCUT2D eigenvalue weighted by Crippen LogP contribution is 2.01. The number of nitrogens with two attached hydrogens (primary N) is 1. The predicted octanol–water partition coefficient (Wildman–Crippen LogP) is -1.81. The van der Waals surface area contributed by atoms with Gasteiger partial charge < -0.3 is 10.3 Å². The van der Waals surface area contributed by atoms with E-state index < -0.39 is 15.7 Å². The molecule has 0 bridgehead atoms. The number of primary amides is 1. The summed E-state index contributed by atoms with van der Waals surface area (Å²) in [6.07, 6.45) is 1.08. The monoisotopic (exact) mass is 248 g/mol. The second kappa shape index (κ2) is 5.03. The summed E-state index contributed by atoms with van der Waals surface area (Å²) in [5.41, 5.74) is 4.90. The zero-order valence-electron chi connectivity index (χ0n) is 8.63. The van der Waals surface area contributed by atoms with Gasteiger partial charge in [-0.2, -0.15) is 4.98 Å². The molecular formula is C7H12N4O4S. The summed E-state index contributed by atoms with van der Waals surface area (Å²) >= 11 is 0. The van der Waals surface area contributed by atoms with E-state index in [1.165, 1.54) is 0 Å². The van der Waals surface area contributed by atoms with Gasteiger partial charge in [0, 0.05) is 6.26 Å². The molecule has 90 valence electrons. The van der Waals surface area contributed by atoms with Crippen molar-refractivity contribution >= 4 is 15.7 Å². The van der Waals surface area contributed by atoms with E-state index in [-0.39, 0.29) is 30.6 Å². The third-order valence-electron chi connectivity index (χ3n) is 1.48. The third kappa shape index (κ3) is 4.84. The lowest BCUT2D eigenvalue weighted by Gasteiger charge is -1.95. The van der Waals surface area contributed by atoms with Gasteiger partial charge in [-0.15, -0.1) is 0 Å². The first kappa shape index (κ1) is 12.6. The van der Waals surface area contributed by atoms with Crippen LogP contribution in [0.25, 0.3) is 0 Å². The highest BCUT2D eigenvalue weighted by Gasteiger charge is 2.11. The summed E-state index contributed by atoms with van der Waals surface area (Å²) in [6.45, 7) is 0.156. The van der Waals surface area contributed by atoms with Crippen molar-refractivity contribution in [3.63, 3.8) is 0 Å². The van der Waals surface area contributed by atoms with Crippen LogP contribution in [0.2, 0.25) is 0 Å². The van der Waals surface area contributed by atoms with Crippen molar-refractivity contribution in [1.82, 2.24) is 15.5 Å². The van der Waals surface area contributed by atoms with E-state index in [1.54, 1.807) is 0 Å². The summed E-state index contributed by atoms with van der Waals surface area (Å²) in [5, 5.41) is 6.13. The molecule has 0 unspecified atom stereocenters. The Balaban J connectivity index is 2.49. The predicted molar refractivity (Wildman–Crippen MR) is 53.7 cm³/mol. The van der Waals surface area contributed by atoms with E-state index in [9.17, 15) is 13.2 Å². The lowest BCUT2D eigenvalue weighted by atomic mass is 10.5. The Hall–Kier alpha value is -1.48. The molecule has 0 aliphatic carbocycles. The van der Waals surface area contributed by atoms with Crippen LogP contribution >= 0.6 is 0 Å². The number of carbonyl (C=O) groups excluding carboxylic acids is 1. The number of amides is 1. The molecule has 0 aliphatic rings. The lowest BCUT2D eigenvalue weighted by Crippen LogP contribution is -2.28. The quantitative estimate of drug-likeness (QED) is 0.607. The minimum Gasteiger partial charge on any atom is -0.369 e. The molecular weight excluding hydrogens is 236 g/mol. The number of rotatable bonds is 6. The van der Waals surface area contributed by atoms with Gasteiger partial charge in [0.25, 0.3) is 0 Å². The van der Waals surface area contributed by atoms with Crippen LogP contribution in [0.1, 0.15) is 11.7 Å². The fourth-order valence-corrected chi connectivity index (χ4v) is 1.53. The average Bonchev–Trinajstić information content (AvgIpc) is 2.48. The Morgan fingerprint density at radius 1 is 1.56 bits per heavy atom. The molecule has 1 aromatic heterocycles. The van der Waals surface area contributed by atoms with Gasteiger partial charge in [-0.1, -0.05) is 5.16 Å². The van der Waals surface area contributed by atoms with Crippen LogP contribution in [0.3, 0.4) is 0 Å². The summed E-state index contributed by atoms with van der Waals surface area (Å²) < 4.78 is 26.6. The molecule has 9 heteroatoms. The zero-order chi connectivity index (χ0) is 12.2. The van der Waals surface area contributed by atoms with Gasteiger partial charge in [-0.25, -0.2) is 8.42 Å². The van der Waals surface area contributed by atoms with Crippen molar-refractivity contribution in [3.8, 4) is 0 Å². The second-order valence-electron chi connectivity index (χ2n) is 3.24. The maximum absolute atomic E-state index is 10.9. The van der Waals surface area contributed by atoms with Crippen molar-refractivity contribution in [2.24, 2.45) is 5.73 Å². The zero-order valence-corrected chi connectivity index (χ0v) is 9.45. The lowest BCUT2D eigenvalue weighted by molar-refractivity contribution is -0.117. The maximum Gasteiger partial charge on any atom is 0.240 e. The van der Waals surface area contributed by atoms with Crippen molar-refractivity contribution in [2.45, 2.75) is 12.3 Å². The van der Waals surface area contributed by atoms with Crippen molar-refractivity contribution in [3.05, 3.63) is 11.7 Å². The van der Waals surface area contributed by atoms with Gasteiger partial charge in [0.1, 0.15) is 5.75 Å². The smallest absolute Gasteiger partial charge is 0.240 e. The molecule has 3 N–H and O–H groups in total. The SMILES string of the molecule is CS(=O)(=O)Cc1noc(CNCC(N)=O)n1. The van der Waals surface area contributed by atoms with E-state index in [1.807, 2.05) is 0 Å². The van der Waals surface area contributed by atoms with Gasteiger partial charge in [0.15, 0.2) is 15.7 Å². The second-order valence-corrected chi connectivity index (χ2v) is 5.38. The molecule has 16 heavy (non-hydrogen) atoms. The van der Waals surface area contributed by atoms with Gasteiger partial charge in [0.2, 0.25) is 11.8 Å². The van der Waals surface area contributed by atoms with Crippen LogP contribution in [0.4, 0.5) is 0 Å². The Kier molecular flexibility index (Phi) is 3.96. The largest absolute Gasteiger partial charge is 0.369 e. The Bertz CT molecular complexity index is 466. The third-order valence-corrected chi connectivity index (χ3v) is 2.26. The van der Waals surface area contributed by atoms with Crippen molar-refractivity contribution in [2.75, 3.05) is 12.8 Å². The number of sulfone groups is 1. The van der Waals surface area contributed by atoms with Crippen LogP contribution in [-0.4, -0.2) is 37.3 Å². The average molecular weight is 248 g/mol. The maximum atomic E-state index is 10.9. The summed E-state index contributed by atoms with van der Waals surface area (Å²) in [4.78, 5) is 14.2. The summed E-state index contributed by atoms with van der Waals surface area (Å²) in [6, 6.07) is 0. The van der Waals surface area contributed by atoms with Crippen LogP contribution < -0.4 is 11.1 Å². The highest BCUT2D eigenvalue weighted by molar-refractivity contribution is 7.89. The van der Waals surface area contributed by atoms with E-state index >= 15 is 0 Å². The number of hydrogen-bond donors (Lipinski definition) is 2. The number of nitrogens with one attached hydrogen (secondary N) is 1. The van der Waals surface area contributed by atoms with Crippen molar-refractivity contribution in [1.29, 1.82) is 0 Å². The molecule has 0 saturated heterocycles. The fourth-order valence-electron chi connectivity index (χ4n) is 0.948. The topological polar surface area (TPSA) is 128 Å². The molecule has 8 nitrogen and oxygen atoms in total. The van der Waals surface area contributed by atoms with E-state index in [0.717, 1.165) is 6.26 Å². The van der Waals surface area contributed by atoms with Gasteiger partial charge in [0.05, 0.1) is 13.1 Å². The summed E-state index contributed by atoms with van der Waals surface area (Å²) in [5.74, 6) is -0.471. The van der Waals surface area contributed by atoms with E-state index in [2.05, 4.69) is 15.5 Å².